The van der Waals surface area contributed by atoms with Gasteiger partial charge in [-0.15, -0.1) is 0 Å². The van der Waals surface area contributed by atoms with Gasteiger partial charge in [0.05, 0.1) is 0 Å². The van der Waals surface area contributed by atoms with Crippen LogP contribution in [0.2, 0.25) is 0 Å². The Morgan fingerprint density at radius 2 is 2.00 bits per heavy atom. The highest BCUT2D eigenvalue weighted by molar-refractivity contribution is 5.57. The molecule has 0 unspecified atom stereocenters. The molecule has 1 aromatic carbocycles. The number of nitrogens with two attached hydrogens (primary N) is 1. The van der Waals surface area contributed by atoms with Crippen molar-refractivity contribution in [2.24, 2.45) is 5.73 Å². The minimum Gasteiger partial charge on any atom is -0.377 e. The van der Waals surface area contributed by atoms with Crippen molar-refractivity contribution in [1.29, 1.82) is 0 Å². The van der Waals surface area contributed by atoms with Gasteiger partial charge >= 0.3 is 0 Å². The second-order valence-electron chi connectivity index (χ2n) is 4.21. The third kappa shape index (κ3) is 1.48. The molecule has 1 aliphatic carbocycles. The maximum Gasteiger partial charge on any atom is 0.123 e. The Kier molecular flexibility index (Phi) is 2.00. The third-order valence-electron chi connectivity index (χ3n) is 2.77. The van der Waals surface area contributed by atoms with Gasteiger partial charge in [-0.1, -0.05) is 0 Å². The molecular weight excluding hydrogens is 179 g/mol. The molecule has 1 fully saturated rings. The average Bonchev–Trinajstić information content (AvgIpc) is 2.84. The van der Waals surface area contributed by atoms with Crippen molar-refractivity contribution >= 4 is 5.69 Å². The number of halogens is 1. The van der Waals surface area contributed by atoms with E-state index in [1.165, 1.54) is 6.07 Å². The fourth-order valence-corrected chi connectivity index (χ4v) is 1.70. The molecule has 14 heavy (non-hydrogen) atoms. The Hall–Kier alpha value is -1.09. The predicted octanol–water partition coefficient (Wildman–Crippen LogP) is 1.84. The van der Waals surface area contributed by atoms with Crippen molar-refractivity contribution in [3.8, 4) is 0 Å². The molecule has 2 nitrogen and oxygen atoms in total. The molecule has 76 valence electrons. The van der Waals surface area contributed by atoms with Crippen LogP contribution in [0.15, 0.2) is 18.2 Å². The quantitative estimate of drug-likeness (QED) is 0.778. The second kappa shape index (κ2) is 2.95. The van der Waals surface area contributed by atoms with Crippen molar-refractivity contribution in [1.82, 2.24) is 0 Å². The first-order chi connectivity index (χ1) is 6.53. The van der Waals surface area contributed by atoms with E-state index in [1.807, 2.05) is 19.0 Å². The zero-order valence-corrected chi connectivity index (χ0v) is 8.55. The summed E-state index contributed by atoms with van der Waals surface area (Å²) in [4.78, 5) is 1.97. The van der Waals surface area contributed by atoms with Crippen LogP contribution in [-0.4, -0.2) is 14.1 Å². The molecule has 0 heterocycles. The van der Waals surface area contributed by atoms with E-state index >= 15 is 0 Å². The van der Waals surface area contributed by atoms with Gasteiger partial charge in [0.2, 0.25) is 0 Å². The lowest BCUT2D eigenvalue weighted by molar-refractivity contribution is 0.618. The zero-order chi connectivity index (χ0) is 10.3. The summed E-state index contributed by atoms with van der Waals surface area (Å²) in [5.74, 6) is -0.206. The Labute approximate surface area is 83.5 Å². The zero-order valence-electron chi connectivity index (χ0n) is 8.55. The van der Waals surface area contributed by atoms with Crippen molar-refractivity contribution in [3.05, 3.63) is 29.6 Å². The molecule has 1 aromatic rings. The van der Waals surface area contributed by atoms with Gasteiger partial charge in [0.15, 0.2) is 0 Å². The molecule has 1 aliphatic rings. The van der Waals surface area contributed by atoms with E-state index in [4.69, 9.17) is 5.73 Å². The summed E-state index contributed by atoms with van der Waals surface area (Å²) >= 11 is 0. The summed E-state index contributed by atoms with van der Waals surface area (Å²) in [5.41, 5.74) is 7.76. The average molecular weight is 194 g/mol. The molecular formula is C11H15FN2. The topological polar surface area (TPSA) is 29.3 Å². The molecule has 0 radical (unpaired) electrons. The van der Waals surface area contributed by atoms with Crippen LogP contribution in [0.4, 0.5) is 10.1 Å². The van der Waals surface area contributed by atoms with Crippen LogP contribution >= 0.6 is 0 Å². The smallest absolute Gasteiger partial charge is 0.123 e. The molecule has 1 saturated carbocycles. The lowest BCUT2D eigenvalue weighted by Crippen LogP contribution is -2.23. The summed E-state index contributed by atoms with van der Waals surface area (Å²) in [6.07, 6.45) is 1.91. The molecule has 0 spiro atoms. The van der Waals surface area contributed by atoms with Gasteiger partial charge in [0, 0.05) is 25.3 Å². The van der Waals surface area contributed by atoms with Gasteiger partial charge in [-0.2, -0.15) is 0 Å². The first kappa shape index (κ1) is 9.46. The summed E-state index contributed by atoms with van der Waals surface area (Å²) < 4.78 is 13.1. The van der Waals surface area contributed by atoms with Crippen molar-refractivity contribution < 1.29 is 4.39 Å². The Bertz CT molecular complexity index is 356. The van der Waals surface area contributed by atoms with E-state index in [9.17, 15) is 4.39 Å². The van der Waals surface area contributed by atoms with Gasteiger partial charge in [0.1, 0.15) is 5.82 Å². The van der Waals surface area contributed by atoms with Crippen LogP contribution < -0.4 is 10.6 Å². The number of nitrogens with zero attached hydrogens (tertiary/aromatic N) is 1. The highest BCUT2D eigenvalue weighted by Gasteiger charge is 2.42. The SMILES string of the molecule is CN(C)c1ccc(F)cc1C1(N)CC1. The molecule has 0 atom stereocenters. The lowest BCUT2D eigenvalue weighted by Gasteiger charge is -2.21. The summed E-state index contributed by atoms with van der Waals surface area (Å²) in [6, 6.07) is 4.82. The number of benzene rings is 1. The van der Waals surface area contributed by atoms with E-state index in [2.05, 4.69) is 0 Å². The van der Waals surface area contributed by atoms with Gasteiger partial charge in [0.25, 0.3) is 0 Å². The predicted molar refractivity (Wildman–Crippen MR) is 55.8 cm³/mol. The molecule has 0 saturated heterocycles. The molecule has 0 amide bonds. The first-order valence-electron chi connectivity index (χ1n) is 4.79. The van der Waals surface area contributed by atoms with Crippen molar-refractivity contribution in [2.75, 3.05) is 19.0 Å². The van der Waals surface area contributed by atoms with Gasteiger partial charge < -0.3 is 10.6 Å². The second-order valence-corrected chi connectivity index (χ2v) is 4.21. The van der Waals surface area contributed by atoms with E-state index in [0.717, 1.165) is 24.1 Å². The number of rotatable bonds is 2. The van der Waals surface area contributed by atoms with Crippen LogP contribution in [0.1, 0.15) is 18.4 Å². The maximum absolute atomic E-state index is 13.1. The fraction of sp³-hybridized carbons (Fsp3) is 0.455. The molecule has 2 rings (SSSR count). The minimum absolute atomic E-state index is 0.206. The Morgan fingerprint density at radius 3 is 2.50 bits per heavy atom. The van der Waals surface area contributed by atoms with E-state index in [0.29, 0.717) is 0 Å². The first-order valence-corrected chi connectivity index (χ1v) is 4.79. The standard InChI is InChI=1S/C11H15FN2/c1-14(2)10-4-3-8(12)7-9(10)11(13)5-6-11/h3-4,7H,5-6,13H2,1-2H3. The minimum atomic E-state index is -0.276. The number of hydrogen-bond acceptors (Lipinski definition) is 2. The molecule has 3 heteroatoms. The normalized spacial score (nSPS) is 18.0. The van der Waals surface area contributed by atoms with Crippen LogP contribution in [0.25, 0.3) is 0 Å². The maximum atomic E-state index is 13.1. The van der Waals surface area contributed by atoms with E-state index < -0.39 is 0 Å². The van der Waals surface area contributed by atoms with Gasteiger partial charge in [-0.25, -0.2) is 4.39 Å². The Morgan fingerprint density at radius 1 is 1.36 bits per heavy atom. The number of hydrogen-bond donors (Lipinski definition) is 1. The van der Waals surface area contributed by atoms with Crippen LogP contribution in [0.3, 0.4) is 0 Å². The summed E-state index contributed by atoms with van der Waals surface area (Å²) in [5, 5.41) is 0. The van der Waals surface area contributed by atoms with Gasteiger partial charge in [-0.05, 0) is 36.6 Å². The highest BCUT2D eigenvalue weighted by atomic mass is 19.1. The highest BCUT2D eigenvalue weighted by Crippen LogP contribution is 2.46. The Balaban J connectivity index is 2.49. The van der Waals surface area contributed by atoms with E-state index in [1.54, 1.807) is 12.1 Å². The van der Waals surface area contributed by atoms with Crippen molar-refractivity contribution in [2.45, 2.75) is 18.4 Å². The van der Waals surface area contributed by atoms with Crippen LogP contribution in [0.5, 0.6) is 0 Å². The van der Waals surface area contributed by atoms with E-state index in [-0.39, 0.29) is 11.4 Å². The molecule has 0 aromatic heterocycles. The van der Waals surface area contributed by atoms with Crippen LogP contribution in [-0.2, 0) is 5.54 Å². The molecule has 0 aliphatic heterocycles. The fourth-order valence-electron chi connectivity index (χ4n) is 1.70. The third-order valence-corrected chi connectivity index (χ3v) is 2.77. The summed E-state index contributed by atoms with van der Waals surface area (Å²) in [6.45, 7) is 0. The van der Waals surface area contributed by atoms with Crippen molar-refractivity contribution in [3.63, 3.8) is 0 Å². The monoisotopic (exact) mass is 194 g/mol. The summed E-state index contributed by atoms with van der Waals surface area (Å²) in [7, 11) is 3.89. The van der Waals surface area contributed by atoms with Crippen LogP contribution in [0, 0.1) is 5.82 Å². The largest absolute Gasteiger partial charge is 0.377 e. The lowest BCUT2D eigenvalue weighted by atomic mass is 10.0. The molecule has 0 bridgehead atoms. The molecule has 2 N–H and O–H groups in total. The number of anilines is 1. The van der Waals surface area contributed by atoms with Gasteiger partial charge in [-0.3, -0.25) is 0 Å².